The van der Waals surface area contributed by atoms with Crippen molar-refractivity contribution in [1.82, 2.24) is 0 Å². The summed E-state index contributed by atoms with van der Waals surface area (Å²) in [6.07, 6.45) is 36.6. The van der Waals surface area contributed by atoms with E-state index in [1.54, 1.807) is 0 Å². The first-order valence-corrected chi connectivity index (χ1v) is 16.6. The first kappa shape index (κ1) is 36.7. The van der Waals surface area contributed by atoms with Gasteiger partial charge < -0.3 is 9.84 Å². The number of unbranched alkanes of at least 4 members (excludes halogenated alkanes) is 21. The van der Waals surface area contributed by atoms with E-state index in [1.165, 1.54) is 135 Å². The lowest BCUT2D eigenvalue weighted by atomic mass is 9.97. The van der Waals surface area contributed by atoms with Crippen LogP contribution in [0, 0.1) is 5.92 Å². The SMILES string of the molecule is CCCCCCCCCCCCCC/C=C/CCCCCCCCCCCC(CC(=O)O)C(=O)OCCC. The van der Waals surface area contributed by atoms with Crippen LogP contribution in [0.4, 0.5) is 0 Å². The minimum absolute atomic E-state index is 0.114. The van der Waals surface area contributed by atoms with Crippen LogP contribution in [0.15, 0.2) is 12.2 Å². The molecule has 0 aliphatic rings. The summed E-state index contributed by atoms with van der Waals surface area (Å²) >= 11 is 0. The van der Waals surface area contributed by atoms with Crippen LogP contribution in [0.5, 0.6) is 0 Å². The first-order valence-electron chi connectivity index (χ1n) is 16.6. The molecule has 0 aliphatic heterocycles. The summed E-state index contributed by atoms with van der Waals surface area (Å²) in [5, 5.41) is 9.04. The Labute approximate surface area is 236 Å². The van der Waals surface area contributed by atoms with Gasteiger partial charge in [-0.15, -0.1) is 0 Å². The summed E-state index contributed by atoms with van der Waals surface area (Å²) in [4.78, 5) is 23.0. The van der Waals surface area contributed by atoms with Crippen LogP contribution in [0.1, 0.15) is 181 Å². The van der Waals surface area contributed by atoms with Crippen LogP contribution in [-0.4, -0.2) is 23.7 Å². The number of rotatable bonds is 30. The molecule has 0 rings (SSSR count). The molecule has 0 spiro atoms. The van der Waals surface area contributed by atoms with Gasteiger partial charge in [-0.2, -0.15) is 0 Å². The van der Waals surface area contributed by atoms with Crippen molar-refractivity contribution in [1.29, 1.82) is 0 Å². The predicted molar refractivity (Wildman–Crippen MR) is 163 cm³/mol. The number of carboxylic acid groups (broad SMARTS) is 1. The van der Waals surface area contributed by atoms with E-state index in [-0.39, 0.29) is 12.4 Å². The normalized spacial score (nSPS) is 12.3. The van der Waals surface area contributed by atoms with Crippen LogP contribution >= 0.6 is 0 Å². The monoisotopic (exact) mass is 536 g/mol. The fraction of sp³-hybridized carbons (Fsp3) is 0.882. The Balaban J connectivity index is 3.38. The van der Waals surface area contributed by atoms with Gasteiger partial charge in [-0.3, -0.25) is 9.59 Å². The first-order chi connectivity index (χ1) is 18.6. The number of hydrogen-bond donors (Lipinski definition) is 1. The Bertz CT molecular complexity index is 543. The van der Waals surface area contributed by atoms with Crippen LogP contribution < -0.4 is 0 Å². The number of carbonyl (C=O) groups is 2. The van der Waals surface area contributed by atoms with Crippen molar-refractivity contribution in [3.63, 3.8) is 0 Å². The largest absolute Gasteiger partial charge is 0.481 e. The van der Waals surface area contributed by atoms with E-state index < -0.39 is 11.9 Å². The minimum Gasteiger partial charge on any atom is -0.481 e. The minimum atomic E-state index is -0.918. The summed E-state index contributed by atoms with van der Waals surface area (Å²) in [7, 11) is 0. The summed E-state index contributed by atoms with van der Waals surface area (Å²) in [5.41, 5.74) is 0. The molecule has 224 valence electrons. The Morgan fingerprint density at radius 1 is 0.579 bits per heavy atom. The lowest BCUT2D eigenvalue weighted by Crippen LogP contribution is -2.21. The number of allylic oxidation sites excluding steroid dienone is 2. The standard InChI is InChI=1S/C34H64O4/c1-3-5-6-7-8-9-10-11-12-13-14-15-16-17-18-19-20-21-22-23-24-25-26-27-28-29-32(31-33(35)36)34(37)38-30-4-2/h17-18,32H,3-16,19-31H2,1-2H3,(H,35,36)/b18-17+. The lowest BCUT2D eigenvalue weighted by Gasteiger charge is -2.13. The molecule has 0 bridgehead atoms. The second-order valence-electron chi connectivity index (χ2n) is 11.4. The second-order valence-corrected chi connectivity index (χ2v) is 11.4. The smallest absolute Gasteiger partial charge is 0.309 e. The third-order valence-electron chi connectivity index (χ3n) is 7.52. The molecule has 0 amide bonds. The molecule has 1 unspecified atom stereocenters. The van der Waals surface area contributed by atoms with Gasteiger partial charge in [0, 0.05) is 0 Å². The van der Waals surface area contributed by atoms with E-state index in [9.17, 15) is 9.59 Å². The number of carbonyl (C=O) groups excluding carboxylic acids is 1. The third-order valence-corrected chi connectivity index (χ3v) is 7.52. The molecule has 1 atom stereocenters. The molecule has 0 fully saturated rings. The molecule has 0 aliphatic carbocycles. The van der Waals surface area contributed by atoms with Gasteiger partial charge >= 0.3 is 11.9 Å². The zero-order valence-corrected chi connectivity index (χ0v) is 25.5. The average Bonchev–Trinajstić information content (AvgIpc) is 2.90. The summed E-state index contributed by atoms with van der Waals surface area (Å²) in [6, 6.07) is 0. The number of aliphatic carboxylic acids is 1. The molecule has 0 heterocycles. The lowest BCUT2D eigenvalue weighted by molar-refractivity contribution is -0.153. The highest BCUT2D eigenvalue weighted by molar-refractivity contribution is 5.79. The summed E-state index contributed by atoms with van der Waals surface area (Å²) in [6.45, 7) is 4.61. The fourth-order valence-corrected chi connectivity index (χ4v) is 5.06. The van der Waals surface area contributed by atoms with Crippen molar-refractivity contribution in [3.05, 3.63) is 12.2 Å². The summed E-state index contributed by atoms with van der Waals surface area (Å²) < 4.78 is 5.16. The number of hydrogen-bond acceptors (Lipinski definition) is 3. The molecule has 0 aromatic rings. The van der Waals surface area contributed by atoms with Gasteiger partial charge in [0.1, 0.15) is 0 Å². The highest BCUT2D eigenvalue weighted by atomic mass is 16.5. The van der Waals surface area contributed by atoms with E-state index in [0.29, 0.717) is 13.0 Å². The van der Waals surface area contributed by atoms with Gasteiger partial charge in [-0.05, 0) is 38.5 Å². The van der Waals surface area contributed by atoms with Crippen LogP contribution in [0.3, 0.4) is 0 Å². The van der Waals surface area contributed by atoms with Gasteiger partial charge in [-0.25, -0.2) is 0 Å². The Morgan fingerprint density at radius 2 is 0.974 bits per heavy atom. The van der Waals surface area contributed by atoms with E-state index in [0.717, 1.165) is 19.3 Å². The van der Waals surface area contributed by atoms with E-state index in [2.05, 4.69) is 19.1 Å². The maximum Gasteiger partial charge on any atom is 0.309 e. The zero-order valence-electron chi connectivity index (χ0n) is 25.5. The Kier molecular flexibility index (Phi) is 29.2. The van der Waals surface area contributed by atoms with Crippen molar-refractivity contribution in [2.24, 2.45) is 5.92 Å². The molecule has 4 nitrogen and oxygen atoms in total. The highest BCUT2D eigenvalue weighted by Gasteiger charge is 2.22. The number of ether oxygens (including phenoxy) is 1. The van der Waals surface area contributed by atoms with E-state index >= 15 is 0 Å². The fourth-order valence-electron chi connectivity index (χ4n) is 5.06. The maximum atomic E-state index is 12.0. The van der Waals surface area contributed by atoms with Crippen molar-refractivity contribution in [2.45, 2.75) is 181 Å². The van der Waals surface area contributed by atoms with E-state index in [4.69, 9.17) is 9.84 Å². The molecule has 1 N–H and O–H groups in total. The number of esters is 1. The molecule has 0 saturated heterocycles. The zero-order chi connectivity index (χ0) is 27.9. The molecule has 0 aromatic heterocycles. The van der Waals surface area contributed by atoms with Crippen LogP contribution in [0.25, 0.3) is 0 Å². The van der Waals surface area contributed by atoms with Crippen molar-refractivity contribution in [2.75, 3.05) is 6.61 Å². The second kappa shape index (κ2) is 30.2. The van der Waals surface area contributed by atoms with Gasteiger partial charge in [-0.1, -0.05) is 148 Å². The molecule has 4 heteroatoms. The van der Waals surface area contributed by atoms with Gasteiger partial charge in [0.25, 0.3) is 0 Å². The van der Waals surface area contributed by atoms with Crippen LogP contribution in [-0.2, 0) is 14.3 Å². The molecule has 0 saturated carbocycles. The summed E-state index contributed by atoms with van der Waals surface area (Å²) in [5.74, 6) is -1.75. The molecule has 0 radical (unpaired) electrons. The van der Waals surface area contributed by atoms with Gasteiger partial charge in [0.2, 0.25) is 0 Å². The third kappa shape index (κ3) is 27.7. The Hall–Kier alpha value is -1.32. The molecular formula is C34H64O4. The Morgan fingerprint density at radius 3 is 1.37 bits per heavy atom. The number of carboxylic acids is 1. The van der Waals surface area contributed by atoms with E-state index in [1.807, 2.05) is 6.92 Å². The van der Waals surface area contributed by atoms with Gasteiger partial charge in [0.15, 0.2) is 0 Å². The molecule has 0 aromatic carbocycles. The average molecular weight is 537 g/mol. The predicted octanol–water partition coefficient (Wildman–Crippen LogP) is 11.0. The van der Waals surface area contributed by atoms with Crippen molar-refractivity contribution < 1.29 is 19.4 Å². The highest BCUT2D eigenvalue weighted by Crippen LogP contribution is 2.18. The quantitative estimate of drug-likeness (QED) is 0.0563. The maximum absolute atomic E-state index is 12.0. The van der Waals surface area contributed by atoms with Gasteiger partial charge in [0.05, 0.1) is 18.9 Å². The van der Waals surface area contributed by atoms with Crippen molar-refractivity contribution >= 4 is 11.9 Å². The topological polar surface area (TPSA) is 63.6 Å². The molecule has 38 heavy (non-hydrogen) atoms. The van der Waals surface area contributed by atoms with Crippen molar-refractivity contribution in [3.8, 4) is 0 Å². The molecular weight excluding hydrogens is 472 g/mol. The van der Waals surface area contributed by atoms with Crippen LogP contribution in [0.2, 0.25) is 0 Å².